The molecule has 0 spiro atoms. The van der Waals surface area contributed by atoms with E-state index in [1.165, 1.54) is 0 Å². The fraction of sp³-hybridized carbons (Fsp3) is 0.0526. The van der Waals surface area contributed by atoms with Crippen molar-refractivity contribution in [1.82, 2.24) is 10.2 Å². The van der Waals surface area contributed by atoms with Gasteiger partial charge in [-0.05, 0) is 18.2 Å². The van der Waals surface area contributed by atoms with E-state index in [1.807, 2.05) is 54.6 Å². The van der Waals surface area contributed by atoms with Gasteiger partial charge in [0.25, 0.3) is 5.91 Å². The molecule has 2 heterocycles. The molecule has 1 aliphatic rings. The molecule has 4 rings (SSSR count). The number of carbonyl (C=O) groups is 1. The molecular formula is C19H16N4O2. The summed E-state index contributed by atoms with van der Waals surface area (Å²) in [6, 6.07) is 17.1. The molecular weight excluding hydrogens is 316 g/mol. The van der Waals surface area contributed by atoms with Gasteiger partial charge in [0, 0.05) is 29.1 Å². The molecule has 0 bridgehead atoms. The zero-order valence-corrected chi connectivity index (χ0v) is 13.5. The minimum atomic E-state index is -0.124. The van der Waals surface area contributed by atoms with Crippen molar-refractivity contribution in [3.63, 3.8) is 0 Å². The molecule has 0 saturated carbocycles. The van der Waals surface area contributed by atoms with Crippen LogP contribution in [0.1, 0.15) is 5.56 Å². The number of ether oxygens (including phenoxy) is 1. The summed E-state index contributed by atoms with van der Waals surface area (Å²) in [5, 5.41) is 13.2. The molecule has 3 N–H and O–H groups in total. The molecule has 0 aliphatic carbocycles. The third-order valence-electron chi connectivity index (χ3n) is 4.03. The van der Waals surface area contributed by atoms with Crippen molar-refractivity contribution < 1.29 is 9.53 Å². The second-order valence-electron chi connectivity index (χ2n) is 5.60. The van der Waals surface area contributed by atoms with Gasteiger partial charge in [-0.25, -0.2) is 0 Å². The normalized spacial score (nSPS) is 14.3. The Balaban J connectivity index is 1.57. The van der Waals surface area contributed by atoms with Gasteiger partial charge >= 0.3 is 0 Å². The van der Waals surface area contributed by atoms with Gasteiger partial charge in [0.05, 0.1) is 18.4 Å². The number of aromatic nitrogens is 2. The number of hydrogen-bond donors (Lipinski definition) is 3. The molecule has 0 atom stereocenters. The van der Waals surface area contributed by atoms with Gasteiger partial charge < -0.3 is 15.4 Å². The number of aromatic amines is 1. The molecule has 3 aromatic rings. The van der Waals surface area contributed by atoms with Crippen LogP contribution in [0.3, 0.4) is 0 Å². The zero-order valence-electron chi connectivity index (χ0n) is 13.5. The smallest absolute Gasteiger partial charge is 0.257 e. The number of fused-ring (bicyclic) bond motifs is 1. The van der Waals surface area contributed by atoms with Crippen LogP contribution in [0.2, 0.25) is 0 Å². The Morgan fingerprint density at radius 2 is 2.00 bits per heavy atom. The second kappa shape index (κ2) is 6.16. The first kappa shape index (κ1) is 15.0. The van der Waals surface area contributed by atoms with E-state index in [0.717, 1.165) is 28.3 Å². The highest BCUT2D eigenvalue weighted by molar-refractivity contribution is 6.31. The SMILES string of the molecule is COc1cccc(-c2cc(NC=C3C(=O)Nc4ccccc43)[nH]n2)c1. The van der Waals surface area contributed by atoms with Crippen LogP contribution >= 0.6 is 0 Å². The maximum Gasteiger partial charge on any atom is 0.257 e. The fourth-order valence-electron chi connectivity index (χ4n) is 2.76. The molecule has 0 fully saturated rings. The second-order valence-corrected chi connectivity index (χ2v) is 5.60. The Morgan fingerprint density at radius 1 is 1.12 bits per heavy atom. The summed E-state index contributed by atoms with van der Waals surface area (Å²) < 4.78 is 5.24. The number of anilines is 2. The maximum atomic E-state index is 12.1. The van der Waals surface area contributed by atoms with Crippen molar-refractivity contribution in [2.75, 3.05) is 17.7 Å². The molecule has 1 amide bonds. The van der Waals surface area contributed by atoms with E-state index in [-0.39, 0.29) is 5.91 Å². The Bertz CT molecular complexity index is 975. The summed E-state index contributed by atoms with van der Waals surface area (Å²) in [4.78, 5) is 12.1. The molecule has 1 aliphatic heterocycles. The quantitative estimate of drug-likeness (QED) is 0.639. The third kappa shape index (κ3) is 2.85. The van der Waals surface area contributed by atoms with E-state index in [2.05, 4.69) is 20.8 Å². The van der Waals surface area contributed by atoms with Gasteiger partial charge in [0.1, 0.15) is 11.6 Å². The fourth-order valence-corrected chi connectivity index (χ4v) is 2.76. The first-order valence-electron chi connectivity index (χ1n) is 7.82. The van der Waals surface area contributed by atoms with Crippen molar-refractivity contribution in [1.29, 1.82) is 0 Å². The summed E-state index contributed by atoms with van der Waals surface area (Å²) in [6.07, 6.45) is 1.68. The number of para-hydroxylation sites is 1. The van der Waals surface area contributed by atoms with Crippen molar-refractivity contribution in [2.24, 2.45) is 0 Å². The van der Waals surface area contributed by atoms with Crippen molar-refractivity contribution >= 4 is 23.0 Å². The minimum absolute atomic E-state index is 0.124. The number of carbonyl (C=O) groups excluding carboxylic acids is 1. The van der Waals surface area contributed by atoms with Gasteiger partial charge in [0.15, 0.2) is 0 Å². The number of rotatable bonds is 4. The van der Waals surface area contributed by atoms with E-state index < -0.39 is 0 Å². The minimum Gasteiger partial charge on any atom is -0.497 e. The predicted molar refractivity (Wildman–Crippen MR) is 97.2 cm³/mol. The van der Waals surface area contributed by atoms with Crippen molar-refractivity contribution in [3.05, 3.63) is 66.4 Å². The molecule has 2 aromatic carbocycles. The van der Waals surface area contributed by atoms with Crippen molar-refractivity contribution in [2.45, 2.75) is 0 Å². The van der Waals surface area contributed by atoms with Crippen LogP contribution in [0.15, 0.2) is 60.8 Å². The monoisotopic (exact) mass is 332 g/mol. The first-order valence-corrected chi connectivity index (χ1v) is 7.82. The molecule has 6 nitrogen and oxygen atoms in total. The summed E-state index contributed by atoms with van der Waals surface area (Å²) in [6.45, 7) is 0. The third-order valence-corrected chi connectivity index (χ3v) is 4.03. The van der Waals surface area contributed by atoms with E-state index in [1.54, 1.807) is 13.3 Å². The summed E-state index contributed by atoms with van der Waals surface area (Å²) in [7, 11) is 1.63. The number of nitrogens with one attached hydrogen (secondary N) is 3. The van der Waals surface area contributed by atoms with Gasteiger partial charge in [-0.3, -0.25) is 9.89 Å². The van der Waals surface area contributed by atoms with E-state index in [9.17, 15) is 4.79 Å². The highest BCUT2D eigenvalue weighted by Gasteiger charge is 2.23. The van der Waals surface area contributed by atoms with Crippen LogP contribution < -0.4 is 15.4 Å². The van der Waals surface area contributed by atoms with Gasteiger partial charge in [-0.2, -0.15) is 5.10 Å². The van der Waals surface area contributed by atoms with Crippen LogP contribution in [-0.2, 0) is 4.79 Å². The topological polar surface area (TPSA) is 79.0 Å². The highest BCUT2D eigenvalue weighted by atomic mass is 16.5. The maximum absolute atomic E-state index is 12.1. The van der Waals surface area contributed by atoms with E-state index in [0.29, 0.717) is 11.4 Å². The largest absolute Gasteiger partial charge is 0.497 e. The molecule has 25 heavy (non-hydrogen) atoms. The lowest BCUT2D eigenvalue weighted by Crippen LogP contribution is -2.05. The van der Waals surface area contributed by atoms with Crippen LogP contribution in [0.25, 0.3) is 16.8 Å². The summed E-state index contributed by atoms with van der Waals surface area (Å²) in [5.41, 5.74) is 4.03. The molecule has 0 saturated heterocycles. The summed E-state index contributed by atoms with van der Waals surface area (Å²) in [5.74, 6) is 1.35. The number of H-pyrrole nitrogens is 1. The Kier molecular flexibility index (Phi) is 3.70. The Morgan fingerprint density at radius 3 is 2.88 bits per heavy atom. The molecule has 1 aromatic heterocycles. The lowest BCUT2D eigenvalue weighted by Gasteiger charge is -2.01. The van der Waals surface area contributed by atoms with Gasteiger partial charge in [0.2, 0.25) is 0 Å². The number of benzene rings is 2. The van der Waals surface area contributed by atoms with Gasteiger partial charge in [-0.15, -0.1) is 0 Å². The highest BCUT2D eigenvalue weighted by Crippen LogP contribution is 2.31. The van der Waals surface area contributed by atoms with Crippen LogP contribution in [0, 0.1) is 0 Å². The van der Waals surface area contributed by atoms with E-state index in [4.69, 9.17) is 4.74 Å². The molecule has 0 radical (unpaired) electrons. The van der Waals surface area contributed by atoms with Crippen LogP contribution in [-0.4, -0.2) is 23.2 Å². The standard InChI is InChI=1S/C19H16N4O2/c1-25-13-6-4-5-12(9-13)17-10-18(23-22-17)20-11-15-14-7-2-3-8-16(14)21-19(15)24/h2-11H,1H3,(H,21,24)(H2,20,22,23). The molecule has 124 valence electrons. The Hall–Kier alpha value is -3.54. The van der Waals surface area contributed by atoms with Gasteiger partial charge in [-0.1, -0.05) is 30.3 Å². The van der Waals surface area contributed by atoms with Crippen LogP contribution in [0.4, 0.5) is 11.5 Å². The van der Waals surface area contributed by atoms with E-state index >= 15 is 0 Å². The number of amides is 1. The Labute approximate surface area is 144 Å². The average molecular weight is 332 g/mol. The number of nitrogens with zero attached hydrogens (tertiary/aromatic N) is 1. The van der Waals surface area contributed by atoms with Crippen LogP contribution in [0.5, 0.6) is 5.75 Å². The summed E-state index contributed by atoms with van der Waals surface area (Å²) >= 11 is 0. The van der Waals surface area contributed by atoms with Crippen molar-refractivity contribution in [3.8, 4) is 17.0 Å². The first-order chi connectivity index (χ1) is 12.2. The lowest BCUT2D eigenvalue weighted by atomic mass is 10.1. The molecule has 6 heteroatoms. The zero-order chi connectivity index (χ0) is 17.2. The number of methoxy groups -OCH3 is 1. The molecule has 0 unspecified atom stereocenters. The average Bonchev–Trinajstić information content (AvgIpc) is 3.24. The lowest BCUT2D eigenvalue weighted by molar-refractivity contribution is -0.110. The predicted octanol–water partition coefficient (Wildman–Crippen LogP) is 3.49. The number of hydrogen-bond acceptors (Lipinski definition) is 4.